The van der Waals surface area contributed by atoms with Crippen molar-refractivity contribution in [3.05, 3.63) is 54.1 Å². The third-order valence-corrected chi connectivity index (χ3v) is 4.95. The molecule has 1 N–H and O–H groups in total. The average molecular weight is 365 g/mol. The number of aromatic amines is 1. The maximum absolute atomic E-state index is 12.8. The molecule has 3 heterocycles. The predicted molar refractivity (Wildman–Crippen MR) is 101 cm³/mol. The highest BCUT2D eigenvalue weighted by atomic mass is 16.5. The smallest absolute Gasteiger partial charge is 0.227 e. The molecule has 1 atom stereocenters. The van der Waals surface area contributed by atoms with Gasteiger partial charge in [-0.05, 0) is 30.3 Å². The van der Waals surface area contributed by atoms with E-state index in [1.807, 2.05) is 48.4 Å². The molecule has 0 aliphatic carbocycles. The maximum Gasteiger partial charge on any atom is 0.227 e. The number of amides is 1. The molecular formula is C20H23N5O2. The number of hydrogen-bond donors (Lipinski definition) is 1. The third-order valence-electron chi connectivity index (χ3n) is 4.95. The fourth-order valence-corrected chi connectivity index (χ4v) is 3.45. The molecular weight excluding hydrogens is 342 g/mol. The van der Waals surface area contributed by atoms with Gasteiger partial charge in [0.05, 0.1) is 37.5 Å². The predicted octanol–water partition coefficient (Wildman–Crippen LogP) is 2.50. The summed E-state index contributed by atoms with van der Waals surface area (Å²) in [7, 11) is 1.65. The van der Waals surface area contributed by atoms with Crippen LogP contribution in [0.15, 0.2) is 42.7 Å². The average Bonchev–Trinajstić information content (AvgIpc) is 3.36. The van der Waals surface area contributed by atoms with E-state index in [1.165, 1.54) is 0 Å². The second kappa shape index (κ2) is 7.26. The Morgan fingerprint density at radius 2 is 2.15 bits per heavy atom. The summed E-state index contributed by atoms with van der Waals surface area (Å²) in [6.07, 6.45) is 4.38. The molecule has 7 nitrogen and oxygen atoms in total. The second-order valence-electron chi connectivity index (χ2n) is 6.88. The van der Waals surface area contributed by atoms with Crippen molar-refractivity contribution < 1.29 is 9.53 Å². The number of methoxy groups -OCH3 is 1. The molecule has 2 aromatic heterocycles. The first-order valence-corrected chi connectivity index (χ1v) is 9.12. The van der Waals surface area contributed by atoms with Crippen LogP contribution in [0.2, 0.25) is 0 Å². The molecule has 1 aliphatic heterocycles. The van der Waals surface area contributed by atoms with Crippen molar-refractivity contribution >= 4 is 5.91 Å². The van der Waals surface area contributed by atoms with Crippen LogP contribution in [0.25, 0.3) is 11.4 Å². The molecule has 27 heavy (non-hydrogen) atoms. The number of carbonyl (C=O) groups is 1. The van der Waals surface area contributed by atoms with Gasteiger partial charge in [-0.3, -0.25) is 9.48 Å². The summed E-state index contributed by atoms with van der Waals surface area (Å²) in [5.41, 5.74) is 3.08. The van der Waals surface area contributed by atoms with Crippen LogP contribution < -0.4 is 4.74 Å². The number of ether oxygens (including phenoxy) is 1. The molecule has 3 aromatic rings. The van der Waals surface area contributed by atoms with E-state index in [4.69, 9.17) is 9.72 Å². The second-order valence-corrected chi connectivity index (χ2v) is 6.88. The zero-order valence-corrected chi connectivity index (χ0v) is 15.6. The lowest BCUT2D eigenvalue weighted by Crippen LogP contribution is -2.40. The zero-order valence-electron chi connectivity index (χ0n) is 15.6. The number of imidazole rings is 1. The first-order valence-electron chi connectivity index (χ1n) is 9.12. The number of carbonyl (C=O) groups excluding carboxylic acids is 1. The molecule has 0 spiro atoms. The van der Waals surface area contributed by atoms with Crippen molar-refractivity contribution in [2.75, 3.05) is 13.7 Å². The van der Waals surface area contributed by atoms with Crippen LogP contribution in [-0.2, 0) is 24.3 Å². The van der Waals surface area contributed by atoms with Crippen LogP contribution in [0.1, 0.15) is 18.3 Å². The van der Waals surface area contributed by atoms with Gasteiger partial charge in [-0.1, -0.05) is 6.92 Å². The van der Waals surface area contributed by atoms with Gasteiger partial charge >= 0.3 is 0 Å². The standard InChI is InChI=1S/C20H23N5O2/c1-14(12-25-10-3-9-21-25)20(26)24-11-8-17-18(13-24)23-19(22-17)15-4-6-16(27-2)7-5-15/h3-7,9-10,14H,8,11-13H2,1-2H3,(H,22,23)/t14-/m1/s1. The first kappa shape index (κ1) is 17.3. The van der Waals surface area contributed by atoms with Crippen LogP contribution in [-0.4, -0.2) is 44.2 Å². The van der Waals surface area contributed by atoms with Gasteiger partial charge in [-0.2, -0.15) is 5.10 Å². The normalized spacial score (nSPS) is 14.7. The summed E-state index contributed by atoms with van der Waals surface area (Å²) in [6.45, 7) is 3.81. The van der Waals surface area contributed by atoms with Crippen molar-refractivity contribution in [2.24, 2.45) is 5.92 Å². The molecule has 0 saturated carbocycles. The Hall–Kier alpha value is -3.09. The van der Waals surface area contributed by atoms with Gasteiger partial charge in [0.1, 0.15) is 11.6 Å². The Labute approximate surface area is 158 Å². The van der Waals surface area contributed by atoms with E-state index in [1.54, 1.807) is 18.0 Å². The monoisotopic (exact) mass is 365 g/mol. The van der Waals surface area contributed by atoms with Gasteiger partial charge in [0, 0.05) is 30.9 Å². The van der Waals surface area contributed by atoms with E-state index in [0.29, 0.717) is 19.6 Å². The molecule has 140 valence electrons. The topological polar surface area (TPSA) is 76.0 Å². The van der Waals surface area contributed by atoms with Crippen molar-refractivity contribution in [1.82, 2.24) is 24.6 Å². The summed E-state index contributed by atoms with van der Waals surface area (Å²) in [5.74, 6) is 1.69. The van der Waals surface area contributed by atoms with E-state index in [2.05, 4.69) is 10.1 Å². The summed E-state index contributed by atoms with van der Waals surface area (Å²) >= 11 is 0. The Kier molecular flexibility index (Phi) is 4.66. The largest absolute Gasteiger partial charge is 0.497 e. The SMILES string of the molecule is COc1ccc(-c2nc3c([nH]2)CN(C(=O)[C@H](C)Cn2cccn2)CC3)cc1. The van der Waals surface area contributed by atoms with Gasteiger partial charge in [-0.25, -0.2) is 4.98 Å². The first-order chi connectivity index (χ1) is 13.1. The van der Waals surface area contributed by atoms with E-state index in [0.717, 1.165) is 34.9 Å². The van der Waals surface area contributed by atoms with E-state index in [9.17, 15) is 4.79 Å². The van der Waals surface area contributed by atoms with E-state index < -0.39 is 0 Å². The molecule has 0 radical (unpaired) electrons. The number of aromatic nitrogens is 4. The number of nitrogens with zero attached hydrogens (tertiary/aromatic N) is 4. The number of hydrogen-bond acceptors (Lipinski definition) is 4. The molecule has 1 amide bonds. The van der Waals surface area contributed by atoms with Crippen LogP contribution in [0, 0.1) is 5.92 Å². The molecule has 4 rings (SSSR count). The minimum atomic E-state index is -0.115. The lowest BCUT2D eigenvalue weighted by molar-refractivity contribution is -0.136. The summed E-state index contributed by atoms with van der Waals surface area (Å²) in [4.78, 5) is 22.8. The van der Waals surface area contributed by atoms with Crippen molar-refractivity contribution in [2.45, 2.75) is 26.4 Å². The fourth-order valence-electron chi connectivity index (χ4n) is 3.45. The lowest BCUT2D eigenvalue weighted by atomic mass is 10.1. The molecule has 1 aliphatic rings. The van der Waals surface area contributed by atoms with Gasteiger partial charge in [0.2, 0.25) is 5.91 Å². The Morgan fingerprint density at radius 3 is 2.85 bits per heavy atom. The highest BCUT2D eigenvalue weighted by Crippen LogP contribution is 2.25. The van der Waals surface area contributed by atoms with Gasteiger partial charge in [0.15, 0.2) is 0 Å². The molecule has 7 heteroatoms. The zero-order chi connectivity index (χ0) is 18.8. The summed E-state index contributed by atoms with van der Waals surface area (Å²) in [6, 6.07) is 9.68. The molecule has 0 fully saturated rings. The van der Waals surface area contributed by atoms with Crippen LogP contribution >= 0.6 is 0 Å². The summed E-state index contributed by atoms with van der Waals surface area (Å²) in [5, 5.41) is 4.19. The number of nitrogens with one attached hydrogen (secondary N) is 1. The minimum absolute atomic E-state index is 0.115. The van der Waals surface area contributed by atoms with Crippen LogP contribution in [0.4, 0.5) is 0 Å². The van der Waals surface area contributed by atoms with Crippen LogP contribution in [0.5, 0.6) is 5.75 Å². The molecule has 1 aromatic carbocycles. The fraction of sp³-hybridized carbons (Fsp3) is 0.350. The Balaban J connectivity index is 1.46. The van der Waals surface area contributed by atoms with Crippen molar-refractivity contribution in [1.29, 1.82) is 0 Å². The molecule has 0 saturated heterocycles. The van der Waals surface area contributed by atoms with Crippen molar-refractivity contribution in [3.63, 3.8) is 0 Å². The quantitative estimate of drug-likeness (QED) is 0.754. The van der Waals surface area contributed by atoms with E-state index in [-0.39, 0.29) is 11.8 Å². The van der Waals surface area contributed by atoms with Crippen LogP contribution in [0.3, 0.4) is 0 Å². The molecule has 0 bridgehead atoms. The van der Waals surface area contributed by atoms with Gasteiger partial charge in [0.25, 0.3) is 0 Å². The number of benzene rings is 1. The third kappa shape index (κ3) is 3.58. The van der Waals surface area contributed by atoms with Crippen molar-refractivity contribution in [3.8, 4) is 17.1 Å². The van der Waals surface area contributed by atoms with Gasteiger partial charge in [-0.15, -0.1) is 0 Å². The highest BCUT2D eigenvalue weighted by molar-refractivity contribution is 5.78. The number of fused-ring (bicyclic) bond motifs is 1. The maximum atomic E-state index is 12.8. The Bertz CT molecular complexity index is 915. The summed E-state index contributed by atoms with van der Waals surface area (Å²) < 4.78 is 7.01. The highest BCUT2D eigenvalue weighted by Gasteiger charge is 2.27. The molecule has 0 unspecified atom stereocenters. The lowest BCUT2D eigenvalue weighted by Gasteiger charge is -2.28. The van der Waals surface area contributed by atoms with E-state index >= 15 is 0 Å². The number of H-pyrrole nitrogens is 1. The van der Waals surface area contributed by atoms with Gasteiger partial charge < -0.3 is 14.6 Å². The number of rotatable bonds is 5. The Morgan fingerprint density at radius 1 is 1.33 bits per heavy atom. The minimum Gasteiger partial charge on any atom is -0.497 e.